The molecular formula is C21H21NO. The van der Waals surface area contributed by atoms with Crippen molar-refractivity contribution in [2.45, 2.75) is 19.8 Å². The first-order valence-electron chi connectivity index (χ1n) is 8.11. The van der Waals surface area contributed by atoms with E-state index in [9.17, 15) is 0 Å². The molecule has 116 valence electrons. The molecule has 2 nitrogen and oxygen atoms in total. The highest BCUT2D eigenvalue weighted by Crippen LogP contribution is 2.27. The number of benzene rings is 3. The van der Waals surface area contributed by atoms with Crippen molar-refractivity contribution in [3.63, 3.8) is 0 Å². The maximum Gasteiger partial charge on any atom is 0.144 e. The molecule has 23 heavy (non-hydrogen) atoms. The molecule has 0 aliphatic rings. The Labute approximate surface area is 137 Å². The monoisotopic (exact) mass is 303 g/mol. The average Bonchev–Trinajstić information content (AvgIpc) is 2.61. The molecule has 0 bridgehead atoms. The molecule has 0 saturated carbocycles. The van der Waals surface area contributed by atoms with E-state index in [-0.39, 0.29) is 0 Å². The maximum absolute atomic E-state index is 5.82. The van der Waals surface area contributed by atoms with E-state index < -0.39 is 0 Å². The first-order valence-corrected chi connectivity index (χ1v) is 8.11. The number of hydrogen-bond acceptors (Lipinski definition) is 2. The Morgan fingerprint density at radius 1 is 0.913 bits per heavy atom. The zero-order valence-corrected chi connectivity index (χ0v) is 13.4. The Hall–Kier alpha value is -2.61. The van der Waals surface area contributed by atoms with Gasteiger partial charge in [-0.25, -0.2) is 0 Å². The van der Waals surface area contributed by atoms with E-state index in [1.54, 1.807) is 0 Å². The van der Waals surface area contributed by atoms with Crippen LogP contribution in [0, 0.1) is 0 Å². The molecule has 0 heterocycles. The van der Waals surface area contributed by atoms with Crippen LogP contribution in [-0.2, 0) is 0 Å². The minimum atomic E-state index is 0.735. The lowest BCUT2D eigenvalue weighted by Crippen LogP contribution is -1.96. The second kappa shape index (κ2) is 7.59. The van der Waals surface area contributed by atoms with Crippen LogP contribution in [0.5, 0.6) is 5.75 Å². The molecule has 3 aromatic rings. The molecule has 0 amide bonds. The molecule has 0 atom stereocenters. The summed E-state index contributed by atoms with van der Waals surface area (Å²) in [6.45, 7) is 2.89. The molecule has 0 saturated heterocycles. The van der Waals surface area contributed by atoms with Gasteiger partial charge in [-0.1, -0.05) is 61.9 Å². The Morgan fingerprint density at radius 3 is 2.57 bits per heavy atom. The van der Waals surface area contributed by atoms with E-state index >= 15 is 0 Å². The van der Waals surface area contributed by atoms with Gasteiger partial charge >= 0.3 is 0 Å². The van der Waals surface area contributed by atoms with E-state index in [2.05, 4.69) is 54.4 Å². The maximum atomic E-state index is 5.82. The van der Waals surface area contributed by atoms with Crippen molar-refractivity contribution in [1.82, 2.24) is 0 Å². The lowest BCUT2D eigenvalue weighted by molar-refractivity contribution is 0.310. The van der Waals surface area contributed by atoms with E-state index in [0.29, 0.717) is 0 Å². The third-order valence-electron chi connectivity index (χ3n) is 3.75. The van der Waals surface area contributed by atoms with Crippen LogP contribution in [0.3, 0.4) is 0 Å². The van der Waals surface area contributed by atoms with E-state index in [1.165, 1.54) is 10.8 Å². The van der Waals surface area contributed by atoms with Crippen LogP contribution in [-0.4, -0.2) is 12.8 Å². The fourth-order valence-corrected chi connectivity index (χ4v) is 2.44. The number of aliphatic imine (C=N–C) groups is 1. The van der Waals surface area contributed by atoms with Crippen molar-refractivity contribution in [1.29, 1.82) is 0 Å². The Bertz CT molecular complexity index is 808. The van der Waals surface area contributed by atoms with Crippen molar-refractivity contribution < 1.29 is 4.74 Å². The summed E-state index contributed by atoms with van der Waals surface area (Å²) < 4.78 is 5.82. The topological polar surface area (TPSA) is 21.6 Å². The number of hydrogen-bond donors (Lipinski definition) is 0. The summed E-state index contributed by atoms with van der Waals surface area (Å²) >= 11 is 0. The predicted octanol–water partition coefficient (Wildman–Crippen LogP) is 5.77. The SMILES string of the molecule is CCCCOc1ccccc1N=Cc1ccc2ccccc2c1. The number of para-hydroxylation sites is 2. The smallest absolute Gasteiger partial charge is 0.144 e. The van der Waals surface area contributed by atoms with Gasteiger partial charge in [0.25, 0.3) is 0 Å². The minimum Gasteiger partial charge on any atom is -0.491 e. The van der Waals surface area contributed by atoms with Crippen LogP contribution in [0.2, 0.25) is 0 Å². The lowest BCUT2D eigenvalue weighted by Gasteiger charge is -2.07. The Kier molecular flexibility index (Phi) is 5.05. The second-order valence-electron chi connectivity index (χ2n) is 5.53. The summed E-state index contributed by atoms with van der Waals surface area (Å²) in [5.41, 5.74) is 1.96. The van der Waals surface area contributed by atoms with Crippen molar-refractivity contribution in [3.8, 4) is 5.75 Å². The van der Waals surface area contributed by atoms with Crippen molar-refractivity contribution >= 4 is 22.7 Å². The highest BCUT2D eigenvalue weighted by molar-refractivity contribution is 5.91. The van der Waals surface area contributed by atoms with Crippen molar-refractivity contribution in [2.75, 3.05) is 6.61 Å². The van der Waals surface area contributed by atoms with Gasteiger partial charge < -0.3 is 4.74 Å². The standard InChI is InChI=1S/C21H21NO/c1-2-3-14-23-21-11-7-6-10-20(21)22-16-17-12-13-18-8-4-5-9-19(18)15-17/h4-13,15-16H,2-3,14H2,1H3. The number of ether oxygens (including phenoxy) is 1. The molecular weight excluding hydrogens is 282 g/mol. The summed E-state index contributed by atoms with van der Waals surface area (Å²) in [4.78, 5) is 4.61. The fraction of sp³-hybridized carbons (Fsp3) is 0.190. The summed E-state index contributed by atoms with van der Waals surface area (Å²) in [6, 6.07) is 22.6. The molecule has 0 spiro atoms. The van der Waals surface area contributed by atoms with Crippen molar-refractivity contribution in [2.24, 2.45) is 4.99 Å². The average molecular weight is 303 g/mol. The third kappa shape index (κ3) is 3.98. The number of nitrogens with zero attached hydrogens (tertiary/aromatic N) is 1. The van der Waals surface area contributed by atoms with Crippen LogP contribution in [0.25, 0.3) is 10.8 Å². The lowest BCUT2D eigenvalue weighted by atomic mass is 10.1. The summed E-state index contributed by atoms with van der Waals surface area (Å²) in [5, 5.41) is 2.47. The molecule has 0 N–H and O–H groups in total. The van der Waals surface area contributed by atoms with Gasteiger partial charge in [-0.3, -0.25) is 4.99 Å². The van der Waals surface area contributed by atoms with Gasteiger partial charge in [0.2, 0.25) is 0 Å². The molecule has 0 radical (unpaired) electrons. The third-order valence-corrected chi connectivity index (χ3v) is 3.75. The van der Waals surface area contributed by atoms with E-state index in [1.807, 2.05) is 30.5 Å². The van der Waals surface area contributed by atoms with Crippen LogP contribution in [0.15, 0.2) is 71.7 Å². The normalized spacial score (nSPS) is 11.2. The molecule has 0 aromatic heterocycles. The summed E-state index contributed by atoms with van der Waals surface area (Å²) in [5.74, 6) is 0.845. The van der Waals surface area contributed by atoms with Gasteiger partial charge in [0.05, 0.1) is 6.61 Å². The van der Waals surface area contributed by atoms with Crippen molar-refractivity contribution in [3.05, 3.63) is 72.3 Å². The quantitative estimate of drug-likeness (QED) is 0.418. The molecule has 3 rings (SSSR count). The second-order valence-corrected chi connectivity index (χ2v) is 5.53. The van der Waals surface area contributed by atoms with Gasteiger partial charge in [-0.05, 0) is 41.0 Å². The Balaban J connectivity index is 1.81. The fourth-order valence-electron chi connectivity index (χ4n) is 2.44. The first-order chi connectivity index (χ1) is 11.4. The van der Waals surface area contributed by atoms with E-state index in [0.717, 1.165) is 36.4 Å². The van der Waals surface area contributed by atoms with Crippen LogP contribution < -0.4 is 4.74 Å². The zero-order valence-electron chi connectivity index (χ0n) is 13.4. The first kappa shape index (κ1) is 15.3. The van der Waals surface area contributed by atoms with Crippen LogP contribution in [0.4, 0.5) is 5.69 Å². The van der Waals surface area contributed by atoms with Crippen LogP contribution >= 0.6 is 0 Å². The van der Waals surface area contributed by atoms with Gasteiger partial charge in [-0.15, -0.1) is 0 Å². The van der Waals surface area contributed by atoms with Gasteiger partial charge in [-0.2, -0.15) is 0 Å². The molecule has 0 aliphatic carbocycles. The molecule has 2 heteroatoms. The highest BCUT2D eigenvalue weighted by Gasteiger charge is 2.01. The van der Waals surface area contributed by atoms with E-state index in [4.69, 9.17) is 4.74 Å². The Morgan fingerprint density at radius 2 is 1.70 bits per heavy atom. The zero-order chi connectivity index (χ0) is 15.9. The number of unbranched alkanes of at least 4 members (excludes halogenated alkanes) is 1. The molecule has 0 unspecified atom stereocenters. The molecule has 0 fully saturated rings. The predicted molar refractivity (Wildman–Crippen MR) is 98.0 cm³/mol. The number of rotatable bonds is 6. The molecule has 0 aliphatic heterocycles. The minimum absolute atomic E-state index is 0.735. The molecule has 3 aromatic carbocycles. The highest BCUT2D eigenvalue weighted by atomic mass is 16.5. The van der Waals surface area contributed by atoms with Gasteiger partial charge in [0.1, 0.15) is 11.4 Å². The van der Waals surface area contributed by atoms with Crippen LogP contribution in [0.1, 0.15) is 25.3 Å². The largest absolute Gasteiger partial charge is 0.491 e. The number of fused-ring (bicyclic) bond motifs is 1. The summed E-state index contributed by atoms with van der Waals surface area (Å²) in [6.07, 6.45) is 4.08. The van der Waals surface area contributed by atoms with Gasteiger partial charge in [0, 0.05) is 6.21 Å². The van der Waals surface area contributed by atoms with Gasteiger partial charge in [0.15, 0.2) is 0 Å². The summed E-state index contributed by atoms with van der Waals surface area (Å²) in [7, 11) is 0.